The van der Waals surface area contributed by atoms with Gasteiger partial charge in [-0.25, -0.2) is 4.39 Å². The summed E-state index contributed by atoms with van der Waals surface area (Å²) in [6.45, 7) is 0.706. The second-order valence-electron chi connectivity index (χ2n) is 7.43. The van der Waals surface area contributed by atoms with Crippen LogP contribution in [0.3, 0.4) is 0 Å². The van der Waals surface area contributed by atoms with E-state index in [0.717, 1.165) is 16.7 Å². The Balaban J connectivity index is 1.27. The van der Waals surface area contributed by atoms with E-state index in [9.17, 15) is 23.6 Å². The summed E-state index contributed by atoms with van der Waals surface area (Å²) < 4.78 is 18.3. The average molecular weight is 457 g/mol. The van der Waals surface area contributed by atoms with E-state index in [1.165, 1.54) is 36.6 Å². The molecule has 2 aromatic rings. The Kier molecular flexibility index (Phi) is 6.40. The van der Waals surface area contributed by atoms with Crippen LogP contribution in [-0.2, 0) is 20.9 Å². The molecule has 0 radical (unpaired) electrons. The fraction of sp³-hybridized carbons (Fsp3) is 0.273. The Morgan fingerprint density at radius 1 is 1.22 bits per heavy atom. The van der Waals surface area contributed by atoms with Crippen LogP contribution in [0.25, 0.3) is 6.08 Å². The van der Waals surface area contributed by atoms with Crippen molar-refractivity contribution in [1.29, 1.82) is 0 Å². The van der Waals surface area contributed by atoms with Crippen LogP contribution in [0.5, 0.6) is 0 Å². The lowest BCUT2D eigenvalue weighted by Gasteiger charge is -2.16. The van der Waals surface area contributed by atoms with Crippen molar-refractivity contribution in [2.24, 2.45) is 5.92 Å². The first kappa shape index (κ1) is 21.8. The van der Waals surface area contributed by atoms with Gasteiger partial charge in [-0.3, -0.25) is 24.1 Å². The topological polar surface area (TPSA) is 99.9 Å². The highest BCUT2D eigenvalue weighted by molar-refractivity contribution is 8.18. The van der Waals surface area contributed by atoms with Gasteiger partial charge in [0.25, 0.3) is 11.1 Å². The molecule has 4 rings (SSSR count). The van der Waals surface area contributed by atoms with Crippen LogP contribution in [0, 0.1) is 11.7 Å². The van der Waals surface area contributed by atoms with E-state index in [-0.39, 0.29) is 48.6 Å². The molecule has 1 aromatic carbocycles. The molecule has 2 saturated heterocycles. The zero-order chi connectivity index (χ0) is 22.7. The maximum Gasteiger partial charge on any atom is 0.293 e. The van der Waals surface area contributed by atoms with Crippen LogP contribution >= 0.6 is 11.8 Å². The molecule has 1 unspecified atom stereocenters. The van der Waals surface area contributed by atoms with Crippen LogP contribution in [0.15, 0.2) is 52.0 Å². The van der Waals surface area contributed by atoms with Crippen molar-refractivity contribution in [2.75, 3.05) is 19.6 Å². The van der Waals surface area contributed by atoms with Gasteiger partial charge in [0.2, 0.25) is 11.8 Å². The van der Waals surface area contributed by atoms with Gasteiger partial charge in [0, 0.05) is 26.1 Å². The molecule has 8 nitrogen and oxygen atoms in total. The summed E-state index contributed by atoms with van der Waals surface area (Å²) >= 11 is 0.799. The summed E-state index contributed by atoms with van der Waals surface area (Å²) in [6.07, 6.45) is 3.16. The van der Waals surface area contributed by atoms with E-state index in [1.807, 2.05) is 0 Å². The predicted octanol–water partition coefficient (Wildman–Crippen LogP) is 2.62. The molecule has 1 atom stereocenters. The number of carbonyl (C=O) groups is 4. The van der Waals surface area contributed by atoms with Gasteiger partial charge in [0.1, 0.15) is 11.6 Å². The van der Waals surface area contributed by atoms with Gasteiger partial charge in [-0.05, 0) is 47.7 Å². The predicted molar refractivity (Wildman–Crippen MR) is 114 cm³/mol. The first-order chi connectivity index (χ1) is 15.4. The highest BCUT2D eigenvalue weighted by Gasteiger charge is 2.36. The minimum Gasteiger partial charge on any atom is -0.467 e. The number of hydrogen-bond acceptors (Lipinski definition) is 6. The number of benzene rings is 1. The van der Waals surface area contributed by atoms with E-state index in [2.05, 4.69) is 5.32 Å². The lowest BCUT2D eigenvalue weighted by Crippen LogP contribution is -2.40. The van der Waals surface area contributed by atoms with Crippen LogP contribution in [0.4, 0.5) is 9.18 Å². The summed E-state index contributed by atoms with van der Waals surface area (Å²) in [5, 5.41) is 2.27. The number of halogens is 1. The molecular formula is C22H20FN3O5S. The zero-order valence-electron chi connectivity index (χ0n) is 17.0. The highest BCUT2D eigenvalue weighted by Crippen LogP contribution is 2.32. The summed E-state index contributed by atoms with van der Waals surface area (Å²) in [7, 11) is 0. The minimum absolute atomic E-state index is 0.0218. The fourth-order valence-corrected chi connectivity index (χ4v) is 4.39. The standard InChI is InChI=1S/C22H20FN3O5S/c23-16-5-3-14(4-6-16)10-18-21(29)26(22(30)32-18)8-7-24-20(28)15-11-19(27)25(12-15)13-17-2-1-9-31-17/h1-6,9-10,15H,7-8,11-13H2,(H,24,28). The summed E-state index contributed by atoms with van der Waals surface area (Å²) in [6, 6.07) is 9.08. The molecule has 1 N–H and O–H groups in total. The van der Waals surface area contributed by atoms with Gasteiger partial charge >= 0.3 is 0 Å². The Bertz CT molecular complexity index is 1070. The van der Waals surface area contributed by atoms with Crippen LogP contribution in [0.2, 0.25) is 0 Å². The minimum atomic E-state index is -0.495. The number of furan rings is 1. The van der Waals surface area contributed by atoms with Crippen molar-refractivity contribution in [1.82, 2.24) is 15.1 Å². The summed E-state index contributed by atoms with van der Waals surface area (Å²) in [5.41, 5.74) is 0.607. The first-order valence-electron chi connectivity index (χ1n) is 9.99. The molecule has 32 heavy (non-hydrogen) atoms. The Labute approximate surface area is 187 Å². The molecular weight excluding hydrogens is 437 g/mol. The lowest BCUT2D eigenvalue weighted by molar-refractivity contribution is -0.129. The molecule has 1 aromatic heterocycles. The third kappa shape index (κ3) is 4.91. The number of likely N-dealkylation sites (tertiary alicyclic amines) is 1. The summed E-state index contributed by atoms with van der Waals surface area (Å²) in [5.74, 6) is -1.12. The molecule has 0 aliphatic carbocycles. The molecule has 0 bridgehead atoms. The molecule has 2 fully saturated rings. The fourth-order valence-electron chi connectivity index (χ4n) is 3.53. The van der Waals surface area contributed by atoms with E-state index in [1.54, 1.807) is 17.0 Å². The Morgan fingerprint density at radius 3 is 2.72 bits per heavy atom. The van der Waals surface area contributed by atoms with Gasteiger partial charge < -0.3 is 14.6 Å². The maximum atomic E-state index is 13.0. The molecule has 4 amide bonds. The van der Waals surface area contributed by atoms with Crippen molar-refractivity contribution < 1.29 is 28.0 Å². The van der Waals surface area contributed by atoms with Crippen molar-refractivity contribution >= 4 is 40.8 Å². The molecule has 166 valence electrons. The number of nitrogens with zero attached hydrogens (tertiary/aromatic N) is 2. The number of nitrogens with one attached hydrogen (secondary N) is 1. The average Bonchev–Trinajstić information content (AvgIpc) is 3.47. The SMILES string of the molecule is O=C(NCCN1C(=O)SC(=Cc2ccc(F)cc2)C1=O)C1CC(=O)N(Cc2ccco2)C1. The van der Waals surface area contributed by atoms with Gasteiger partial charge in [-0.15, -0.1) is 0 Å². The van der Waals surface area contributed by atoms with Crippen molar-refractivity contribution in [2.45, 2.75) is 13.0 Å². The molecule has 2 aliphatic heterocycles. The number of imide groups is 1. The number of rotatable bonds is 7. The Morgan fingerprint density at radius 2 is 2.00 bits per heavy atom. The smallest absolute Gasteiger partial charge is 0.293 e. The third-order valence-corrected chi connectivity index (χ3v) is 6.10. The van der Waals surface area contributed by atoms with E-state index in [0.29, 0.717) is 17.9 Å². The van der Waals surface area contributed by atoms with Gasteiger partial charge in [-0.2, -0.15) is 0 Å². The van der Waals surface area contributed by atoms with Gasteiger partial charge in [-0.1, -0.05) is 12.1 Å². The molecule has 3 heterocycles. The molecule has 2 aliphatic rings. The van der Waals surface area contributed by atoms with Crippen LogP contribution in [0.1, 0.15) is 17.7 Å². The van der Waals surface area contributed by atoms with Crippen molar-refractivity contribution in [3.05, 3.63) is 64.7 Å². The lowest BCUT2D eigenvalue weighted by atomic mass is 10.1. The van der Waals surface area contributed by atoms with Crippen LogP contribution in [-0.4, -0.2) is 52.4 Å². The third-order valence-electron chi connectivity index (χ3n) is 5.19. The van der Waals surface area contributed by atoms with Crippen molar-refractivity contribution in [3.63, 3.8) is 0 Å². The van der Waals surface area contributed by atoms with Gasteiger partial charge in [0.15, 0.2) is 0 Å². The van der Waals surface area contributed by atoms with E-state index < -0.39 is 17.1 Å². The second-order valence-corrected chi connectivity index (χ2v) is 8.42. The largest absolute Gasteiger partial charge is 0.467 e. The molecule has 10 heteroatoms. The quantitative estimate of drug-likeness (QED) is 0.642. The normalized spacial score (nSPS) is 20.0. The Hall–Kier alpha value is -3.40. The monoisotopic (exact) mass is 457 g/mol. The summed E-state index contributed by atoms with van der Waals surface area (Å²) in [4.78, 5) is 52.2. The molecule has 0 spiro atoms. The second kappa shape index (κ2) is 9.39. The molecule has 0 saturated carbocycles. The number of thioether (sulfide) groups is 1. The van der Waals surface area contributed by atoms with Crippen LogP contribution < -0.4 is 5.32 Å². The maximum absolute atomic E-state index is 13.0. The van der Waals surface area contributed by atoms with E-state index >= 15 is 0 Å². The number of hydrogen-bond donors (Lipinski definition) is 1. The number of amides is 4. The van der Waals surface area contributed by atoms with Gasteiger partial charge in [0.05, 0.1) is 23.6 Å². The first-order valence-corrected chi connectivity index (χ1v) is 10.8. The van der Waals surface area contributed by atoms with Crippen molar-refractivity contribution in [3.8, 4) is 0 Å². The highest BCUT2D eigenvalue weighted by atomic mass is 32.2. The number of carbonyl (C=O) groups excluding carboxylic acids is 4. The zero-order valence-corrected chi connectivity index (χ0v) is 17.8. The van der Waals surface area contributed by atoms with E-state index in [4.69, 9.17) is 4.42 Å².